The van der Waals surface area contributed by atoms with E-state index in [-0.39, 0.29) is 193 Å². The van der Waals surface area contributed by atoms with E-state index in [9.17, 15) is 140 Å². The second kappa shape index (κ2) is 53.5. The average Bonchev–Trinajstić information content (AvgIpc) is 1.05. The first-order valence-corrected chi connectivity index (χ1v) is 40.9. The summed E-state index contributed by atoms with van der Waals surface area (Å²) in [5, 5.41) is 250. The van der Waals surface area contributed by atoms with Gasteiger partial charge in [-0.1, -0.05) is 42.5 Å². The molecular weight excluding hydrogens is 1850 g/mol. The third-order valence-corrected chi connectivity index (χ3v) is 18.3. The highest BCUT2D eigenvalue weighted by Gasteiger charge is 2.15. The van der Waals surface area contributed by atoms with E-state index >= 15 is 0 Å². The Balaban J connectivity index is 0.000000230. The summed E-state index contributed by atoms with van der Waals surface area (Å²) in [4.78, 5) is 105. The van der Waals surface area contributed by atoms with Crippen molar-refractivity contribution in [3.05, 3.63) is 306 Å². The van der Waals surface area contributed by atoms with Crippen LogP contribution in [-0.2, 0) is 84.0 Å². The number of hydrogen-bond acceptors (Lipinski definition) is 34. The van der Waals surface area contributed by atoms with E-state index in [4.69, 9.17) is 25.5 Å². The van der Waals surface area contributed by atoms with Gasteiger partial charge in [0.25, 0.3) is 0 Å². The average molecular weight is 1940 g/mol. The number of phenolic OH excluding ortho intramolecular Hbond substituents is 24. The van der Waals surface area contributed by atoms with Crippen molar-refractivity contribution in [3.8, 4) is 138 Å². The van der Waals surface area contributed by atoms with Crippen LogP contribution >= 0.6 is 0 Å². The lowest BCUT2D eigenvalue weighted by Gasteiger charge is -2.09. The fourth-order valence-electron chi connectivity index (χ4n) is 11.0. The highest BCUT2D eigenvalue weighted by atomic mass is 16.3. The number of carbonyl (C=O) groups is 9. The highest BCUT2D eigenvalue weighted by Crippen LogP contribution is 2.35. The molecule has 35 N–H and O–H groups in total. The smallest absolute Gasteiger partial charge is 0.319 e. The number of aromatic hydroxyl groups is 24. The number of amides is 10. The van der Waals surface area contributed by atoms with Crippen molar-refractivity contribution in [1.82, 2.24) is 31.9 Å². The van der Waals surface area contributed by atoms with Gasteiger partial charge in [-0.25, -0.2) is 4.79 Å². The Morgan fingerprint density at radius 1 is 0.170 bits per heavy atom. The van der Waals surface area contributed by atoms with Crippen molar-refractivity contribution in [2.45, 2.75) is 45.7 Å². The standard InChI is InChI=1S/2C18H18N2O6.2C16H14N2O6.C15H17NO4.C14H14N2O5/c2*21-13-3-1-11(7-15(13)23)9-19-17(25)5-6-18(26)20-10-12-2-4-14(22)16(24)8-12;2*19-11-3-1-9(7-13(11)21)17-15(23)5-6-16(24)18-10-2-4-12(20)14(22)8-10;17-12-3-1-10(7-14(12)19)5-6-16-9-11-2-4-13(18)15(20)8-11;17-10-3-1-8(5-12(10)19)7-15-14(21)16-9-2-4-11(18)13(20)6-9/h2*1-8,21-24H,9-10H2,(H,19,25)(H,20,26);2*1-8,19-22H,(H,17,23)(H,18,24);1-4,7-8,16-20H,5-6,9H2;1-6,17-20H,7H2,(H2,15,16,21)/b6-5+;6-5-;6-5+;6-5-;;. The van der Waals surface area contributed by atoms with Crippen LogP contribution in [0.3, 0.4) is 0 Å². The zero-order chi connectivity index (χ0) is 104. The fraction of sp³-hybridized carbons (Fsp3) is 0.0825. The van der Waals surface area contributed by atoms with Crippen LogP contribution in [0, 0.1) is 0 Å². The summed E-state index contributed by atoms with van der Waals surface area (Å²) in [6.45, 7) is 1.86. The normalized spacial score (nSPS) is 10.5. The molecule has 10 amide bonds. The van der Waals surface area contributed by atoms with E-state index in [1.54, 1.807) is 42.5 Å². The van der Waals surface area contributed by atoms with E-state index < -0.39 is 53.3 Å². The molecule has 736 valence electrons. The van der Waals surface area contributed by atoms with E-state index in [1.165, 1.54) is 152 Å². The molecule has 0 unspecified atom stereocenters. The van der Waals surface area contributed by atoms with Gasteiger partial charge in [-0.05, 0) is 198 Å². The molecule has 0 bridgehead atoms. The van der Waals surface area contributed by atoms with Gasteiger partial charge in [0, 0.05) is 147 Å². The van der Waals surface area contributed by atoms with Crippen LogP contribution < -0.4 is 58.5 Å². The number of benzene rings is 12. The van der Waals surface area contributed by atoms with Gasteiger partial charge in [-0.15, -0.1) is 0 Å². The summed E-state index contributed by atoms with van der Waals surface area (Å²) < 4.78 is 0. The molecule has 0 spiro atoms. The summed E-state index contributed by atoms with van der Waals surface area (Å²) >= 11 is 0. The molecule has 0 radical (unpaired) electrons. The zero-order valence-corrected chi connectivity index (χ0v) is 73.5. The molecule has 141 heavy (non-hydrogen) atoms. The molecule has 0 saturated carbocycles. The minimum Gasteiger partial charge on any atom is -0.504 e. The molecule has 12 rings (SSSR count). The Bertz CT molecular complexity index is 6000. The van der Waals surface area contributed by atoms with Gasteiger partial charge in [-0.3, -0.25) is 38.4 Å². The largest absolute Gasteiger partial charge is 0.504 e. The second-order valence-electron chi connectivity index (χ2n) is 29.2. The number of anilines is 5. The molecule has 44 heteroatoms. The lowest BCUT2D eigenvalue weighted by atomic mass is 10.1. The molecule has 12 aromatic rings. The summed E-state index contributed by atoms with van der Waals surface area (Å²) in [6.07, 6.45) is 8.83. The summed E-state index contributed by atoms with van der Waals surface area (Å²) in [6, 6.07) is 48.6. The minimum atomic E-state index is -0.621. The van der Waals surface area contributed by atoms with E-state index in [0.29, 0.717) is 53.0 Å². The van der Waals surface area contributed by atoms with Gasteiger partial charge in [-0.2, -0.15) is 0 Å². The van der Waals surface area contributed by atoms with E-state index in [1.807, 2.05) is 0 Å². The van der Waals surface area contributed by atoms with Crippen molar-refractivity contribution in [1.29, 1.82) is 0 Å². The van der Waals surface area contributed by atoms with Crippen LogP contribution in [0.1, 0.15) is 38.9 Å². The molecule has 0 heterocycles. The molecule has 0 saturated heterocycles. The third-order valence-electron chi connectivity index (χ3n) is 18.3. The van der Waals surface area contributed by atoms with Crippen LogP contribution in [0.4, 0.5) is 33.2 Å². The Morgan fingerprint density at radius 2 is 0.333 bits per heavy atom. The molecule has 0 atom stereocenters. The van der Waals surface area contributed by atoms with Crippen molar-refractivity contribution in [2.75, 3.05) is 33.1 Å². The Morgan fingerprint density at radius 3 is 0.539 bits per heavy atom. The minimum absolute atomic E-state index is 0.116. The van der Waals surface area contributed by atoms with Crippen LogP contribution in [0.15, 0.2) is 267 Å². The van der Waals surface area contributed by atoms with Gasteiger partial charge < -0.3 is 181 Å². The van der Waals surface area contributed by atoms with Crippen molar-refractivity contribution < 1.29 is 166 Å². The molecule has 0 fully saturated rings. The number of carbonyl (C=O) groups excluding carboxylic acids is 9. The Hall–Kier alpha value is -20.2. The zero-order valence-electron chi connectivity index (χ0n) is 73.5. The first kappa shape index (κ1) is 108. The van der Waals surface area contributed by atoms with Crippen molar-refractivity contribution in [2.24, 2.45) is 0 Å². The summed E-state index contributed by atoms with van der Waals surface area (Å²) in [5.41, 5.74) is 6.00. The van der Waals surface area contributed by atoms with Gasteiger partial charge in [0.1, 0.15) is 0 Å². The fourth-order valence-corrected chi connectivity index (χ4v) is 11.0. The lowest BCUT2D eigenvalue weighted by Crippen LogP contribution is -2.28. The van der Waals surface area contributed by atoms with Crippen LogP contribution in [-0.4, -0.2) is 182 Å². The summed E-state index contributed by atoms with van der Waals surface area (Å²) in [7, 11) is 0. The van der Waals surface area contributed by atoms with Crippen molar-refractivity contribution >= 4 is 81.7 Å². The first-order chi connectivity index (χ1) is 66.9. The lowest BCUT2D eigenvalue weighted by molar-refractivity contribution is -0.118. The maximum absolute atomic E-state index is 11.7. The van der Waals surface area contributed by atoms with Gasteiger partial charge in [0.05, 0.1) is 0 Å². The number of urea groups is 1. The molecule has 44 nitrogen and oxygen atoms in total. The second-order valence-corrected chi connectivity index (χ2v) is 29.2. The third kappa shape index (κ3) is 38.5. The number of rotatable bonds is 28. The Kier molecular flexibility index (Phi) is 40.9. The maximum Gasteiger partial charge on any atom is 0.319 e. The van der Waals surface area contributed by atoms with Crippen LogP contribution in [0.2, 0.25) is 0 Å². The molecule has 0 aromatic heterocycles. The van der Waals surface area contributed by atoms with E-state index in [0.717, 1.165) is 84.0 Å². The highest BCUT2D eigenvalue weighted by molar-refractivity contribution is 6.08. The summed E-state index contributed by atoms with van der Waals surface area (Å²) in [5.74, 6) is -11.1. The maximum atomic E-state index is 11.7. The molecular formula is C97H95N11O33. The van der Waals surface area contributed by atoms with Crippen LogP contribution in [0.25, 0.3) is 0 Å². The topological polar surface area (TPSA) is 771 Å². The predicted molar refractivity (Wildman–Crippen MR) is 507 cm³/mol. The number of phenols is 24. The molecule has 0 aliphatic carbocycles. The molecule has 12 aromatic carbocycles. The Labute approximate surface area is 798 Å². The SMILES string of the molecule is O=C(/C=C/C(=O)NCc1ccc(O)c(O)c1)NCc1ccc(O)c(O)c1.O=C(/C=C/C(=O)Nc1ccc(O)c(O)c1)Nc1ccc(O)c(O)c1.O=C(/C=C\C(=O)NCc1ccc(O)c(O)c1)NCc1ccc(O)c(O)c1.O=C(/C=C\C(=O)Nc1ccc(O)c(O)c1)Nc1ccc(O)c(O)c1.O=C(NCc1ccc(O)c(O)c1)Nc1ccc(O)c(O)c1.Oc1ccc(CCNCc2ccc(O)c(O)c2)cc1O. The predicted octanol–water partition coefficient (Wildman–Crippen LogP) is 8.95. The molecule has 0 aliphatic heterocycles. The first-order valence-electron chi connectivity index (χ1n) is 40.9. The quantitative estimate of drug-likeness (QED) is 0.00941. The van der Waals surface area contributed by atoms with Crippen LogP contribution in [0.5, 0.6) is 138 Å². The number of nitrogens with one attached hydrogen (secondary N) is 11. The van der Waals surface area contributed by atoms with Gasteiger partial charge in [0.2, 0.25) is 47.3 Å². The van der Waals surface area contributed by atoms with Gasteiger partial charge >= 0.3 is 6.03 Å². The molecule has 0 aliphatic rings. The van der Waals surface area contributed by atoms with Gasteiger partial charge in [0.15, 0.2) is 138 Å². The number of hydrogen-bond donors (Lipinski definition) is 35. The monoisotopic (exact) mass is 1940 g/mol. The van der Waals surface area contributed by atoms with Crippen molar-refractivity contribution in [3.63, 3.8) is 0 Å². The van der Waals surface area contributed by atoms with E-state index in [2.05, 4.69) is 58.5 Å².